The number of esters is 1. The summed E-state index contributed by atoms with van der Waals surface area (Å²) in [6.45, 7) is 10.6. The van der Waals surface area contributed by atoms with Crippen LogP contribution >= 0.6 is 0 Å². The predicted octanol–water partition coefficient (Wildman–Crippen LogP) is 3.13. The van der Waals surface area contributed by atoms with Gasteiger partial charge in [-0.05, 0) is 31.1 Å². The Bertz CT molecular complexity index is 375. The fraction of sp³-hybridized carbons (Fsp3) is 0.867. The Balaban J connectivity index is 3.14. The van der Waals surface area contributed by atoms with Crippen molar-refractivity contribution in [2.45, 2.75) is 59.4 Å². The van der Waals surface area contributed by atoms with Gasteiger partial charge >= 0.3 is 12.1 Å². The van der Waals surface area contributed by atoms with Crippen LogP contribution in [0.25, 0.3) is 0 Å². The van der Waals surface area contributed by atoms with E-state index in [-0.39, 0.29) is 17.8 Å². The van der Waals surface area contributed by atoms with Gasteiger partial charge in [0.2, 0.25) is 0 Å². The SMILES string of the molecule is CCOC(=O)CC1(C(C)(C)C)CCC(C)CN1C(=O)O. The van der Waals surface area contributed by atoms with Gasteiger partial charge in [0, 0.05) is 6.54 Å². The summed E-state index contributed by atoms with van der Waals surface area (Å²) in [7, 11) is 0. The monoisotopic (exact) mass is 285 g/mol. The molecule has 1 aliphatic heterocycles. The van der Waals surface area contributed by atoms with Crippen molar-refractivity contribution < 1.29 is 19.4 Å². The number of rotatable bonds is 3. The van der Waals surface area contributed by atoms with E-state index in [1.165, 1.54) is 4.90 Å². The Morgan fingerprint density at radius 1 is 1.40 bits per heavy atom. The lowest BCUT2D eigenvalue weighted by atomic mass is 9.65. The van der Waals surface area contributed by atoms with E-state index in [0.29, 0.717) is 25.5 Å². The van der Waals surface area contributed by atoms with Gasteiger partial charge in [0.1, 0.15) is 0 Å². The van der Waals surface area contributed by atoms with E-state index in [2.05, 4.69) is 0 Å². The molecule has 0 aromatic carbocycles. The summed E-state index contributed by atoms with van der Waals surface area (Å²) in [4.78, 5) is 25.1. The molecule has 5 nitrogen and oxygen atoms in total. The fourth-order valence-electron chi connectivity index (χ4n) is 3.14. The first kappa shape index (κ1) is 16.8. The number of amides is 1. The van der Waals surface area contributed by atoms with Crippen molar-refractivity contribution in [3.63, 3.8) is 0 Å². The Kier molecular flexibility index (Phi) is 5.05. The van der Waals surface area contributed by atoms with Crippen molar-refractivity contribution in [3.05, 3.63) is 0 Å². The number of carbonyl (C=O) groups excluding carboxylic acids is 1. The number of hydrogen-bond donors (Lipinski definition) is 1. The molecule has 0 radical (unpaired) electrons. The fourth-order valence-corrected chi connectivity index (χ4v) is 3.14. The van der Waals surface area contributed by atoms with E-state index in [1.54, 1.807) is 6.92 Å². The highest BCUT2D eigenvalue weighted by Crippen LogP contribution is 2.46. The quantitative estimate of drug-likeness (QED) is 0.809. The number of piperidine rings is 1. The average Bonchev–Trinajstić information content (AvgIpc) is 2.30. The van der Waals surface area contributed by atoms with E-state index in [9.17, 15) is 14.7 Å². The minimum atomic E-state index is -0.948. The van der Waals surface area contributed by atoms with Crippen LogP contribution in [0.2, 0.25) is 0 Å². The molecule has 1 rings (SSSR count). The largest absolute Gasteiger partial charge is 0.466 e. The Hall–Kier alpha value is -1.26. The van der Waals surface area contributed by atoms with E-state index >= 15 is 0 Å². The predicted molar refractivity (Wildman–Crippen MR) is 76.6 cm³/mol. The van der Waals surface area contributed by atoms with Crippen LogP contribution in [0, 0.1) is 11.3 Å². The summed E-state index contributed by atoms with van der Waals surface area (Å²) < 4.78 is 5.06. The van der Waals surface area contributed by atoms with Gasteiger partial charge in [0.05, 0.1) is 18.6 Å². The lowest BCUT2D eigenvalue weighted by molar-refractivity contribution is -0.151. The van der Waals surface area contributed by atoms with Gasteiger partial charge in [0.25, 0.3) is 0 Å². The molecule has 116 valence electrons. The smallest absolute Gasteiger partial charge is 0.407 e. The van der Waals surface area contributed by atoms with Gasteiger partial charge in [-0.25, -0.2) is 4.79 Å². The third-order valence-corrected chi connectivity index (χ3v) is 4.43. The highest BCUT2D eigenvalue weighted by Gasteiger charge is 2.52. The standard InChI is InChI=1S/C15H27NO4/c1-6-20-12(17)9-15(14(3,4)5)8-7-11(2)10-16(15)13(18)19/h11H,6-10H2,1-5H3,(H,18,19). The van der Waals surface area contributed by atoms with Crippen molar-refractivity contribution in [2.75, 3.05) is 13.2 Å². The molecule has 2 atom stereocenters. The minimum absolute atomic E-state index is 0.128. The molecule has 0 bridgehead atoms. The van der Waals surface area contributed by atoms with Crippen LogP contribution in [-0.2, 0) is 9.53 Å². The number of likely N-dealkylation sites (tertiary alicyclic amines) is 1. The molecule has 1 amide bonds. The second kappa shape index (κ2) is 6.02. The zero-order chi connectivity index (χ0) is 15.6. The van der Waals surface area contributed by atoms with E-state index in [1.807, 2.05) is 27.7 Å². The number of carboxylic acid groups (broad SMARTS) is 1. The minimum Gasteiger partial charge on any atom is -0.466 e. The molecule has 5 heteroatoms. The molecule has 1 N–H and O–H groups in total. The molecule has 2 unspecified atom stereocenters. The van der Waals surface area contributed by atoms with Gasteiger partial charge in [0.15, 0.2) is 0 Å². The van der Waals surface area contributed by atoms with Gasteiger partial charge < -0.3 is 14.7 Å². The molecule has 1 saturated heterocycles. The Labute approximate surface area is 121 Å². The maximum absolute atomic E-state index is 12.0. The topological polar surface area (TPSA) is 66.8 Å². The third-order valence-electron chi connectivity index (χ3n) is 4.43. The normalized spacial score (nSPS) is 27.2. The van der Waals surface area contributed by atoms with Gasteiger partial charge in [-0.3, -0.25) is 4.79 Å². The molecule has 0 saturated carbocycles. The zero-order valence-corrected chi connectivity index (χ0v) is 13.2. The number of nitrogens with zero attached hydrogens (tertiary/aromatic N) is 1. The van der Waals surface area contributed by atoms with Crippen LogP contribution in [0.1, 0.15) is 53.9 Å². The first-order valence-electron chi connectivity index (χ1n) is 7.30. The molecular formula is C15H27NO4. The molecule has 0 aromatic heterocycles. The van der Waals surface area contributed by atoms with Crippen LogP contribution in [0.5, 0.6) is 0 Å². The number of carbonyl (C=O) groups is 2. The highest BCUT2D eigenvalue weighted by atomic mass is 16.5. The summed E-state index contributed by atoms with van der Waals surface area (Å²) >= 11 is 0. The molecule has 0 spiro atoms. The summed E-state index contributed by atoms with van der Waals surface area (Å²) in [5.41, 5.74) is -1.00. The lowest BCUT2D eigenvalue weighted by Crippen LogP contribution is -2.63. The van der Waals surface area contributed by atoms with Crippen LogP contribution < -0.4 is 0 Å². The molecule has 1 fully saturated rings. The van der Waals surface area contributed by atoms with Crippen molar-refractivity contribution in [2.24, 2.45) is 11.3 Å². The van der Waals surface area contributed by atoms with E-state index < -0.39 is 11.6 Å². The van der Waals surface area contributed by atoms with E-state index in [4.69, 9.17) is 4.74 Å². The summed E-state index contributed by atoms with van der Waals surface area (Å²) in [5.74, 6) is 0.00648. The van der Waals surface area contributed by atoms with Crippen LogP contribution in [0.4, 0.5) is 4.79 Å². The second-order valence-electron chi connectivity index (χ2n) is 6.80. The molecule has 1 aliphatic rings. The van der Waals surface area contributed by atoms with Crippen molar-refractivity contribution in [1.82, 2.24) is 4.90 Å². The molecule has 0 aromatic rings. The zero-order valence-electron chi connectivity index (χ0n) is 13.2. The van der Waals surface area contributed by atoms with Gasteiger partial charge in [-0.15, -0.1) is 0 Å². The summed E-state index contributed by atoms with van der Waals surface area (Å²) in [5, 5.41) is 9.57. The second-order valence-corrected chi connectivity index (χ2v) is 6.80. The van der Waals surface area contributed by atoms with E-state index in [0.717, 1.165) is 6.42 Å². The van der Waals surface area contributed by atoms with Crippen molar-refractivity contribution in [1.29, 1.82) is 0 Å². The maximum Gasteiger partial charge on any atom is 0.407 e. The summed E-state index contributed by atoms with van der Waals surface area (Å²) in [6.07, 6.45) is 0.808. The van der Waals surface area contributed by atoms with Crippen LogP contribution in [0.3, 0.4) is 0 Å². The number of hydrogen-bond acceptors (Lipinski definition) is 3. The van der Waals surface area contributed by atoms with Crippen molar-refractivity contribution in [3.8, 4) is 0 Å². The third kappa shape index (κ3) is 3.25. The number of ether oxygens (including phenoxy) is 1. The highest BCUT2D eigenvalue weighted by molar-refractivity contribution is 5.74. The first-order valence-corrected chi connectivity index (χ1v) is 7.30. The molecule has 0 aliphatic carbocycles. The van der Waals surface area contributed by atoms with Crippen molar-refractivity contribution >= 4 is 12.1 Å². The van der Waals surface area contributed by atoms with Gasteiger partial charge in [-0.2, -0.15) is 0 Å². The first-order chi connectivity index (χ1) is 9.14. The maximum atomic E-state index is 12.0. The van der Waals surface area contributed by atoms with Crippen LogP contribution in [-0.4, -0.2) is 40.8 Å². The average molecular weight is 285 g/mol. The van der Waals surface area contributed by atoms with Gasteiger partial charge in [-0.1, -0.05) is 27.7 Å². The Morgan fingerprint density at radius 2 is 2.00 bits per heavy atom. The molecule has 1 heterocycles. The summed E-state index contributed by atoms with van der Waals surface area (Å²) in [6, 6.07) is 0. The molecular weight excluding hydrogens is 258 g/mol. The molecule has 20 heavy (non-hydrogen) atoms. The lowest BCUT2D eigenvalue weighted by Gasteiger charge is -2.54. The van der Waals surface area contributed by atoms with Crippen LogP contribution in [0.15, 0.2) is 0 Å². The Morgan fingerprint density at radius 3 is 2.45 bits per heavy atom.